The summed E-state index contributed by atoms with van der Waals surface area (Å²) in [5.74, 6) is 1.09. The predicted molar refractivity (Wildman–Crippen MR) is 73.0 cm³/mol. The highest BCUT2D eigenvalue weighted by atomic mass is 16.5. The van der Waals surface area contributed by atoms with E-state index in [9.17, 15) is 0 Å². The summed E-state index contributed by atoms with van der Waals surface area (Å²) in [7, 11) is 1.58. The van der Waals surface area contributed by atoms with Crippen LogP contribution in [0.2, 0.25) is 0 Å². The van der Waals surface area contributed by atoms with Crippen molar-refractivity contribution < 1.29 is 9.84 Å². The lowest BCUT2D eigenvalue weighted by Gasteiger charge is -2.08. The summed E-state index contributed by atoms with van der Waals surface area (Å²) in [5.41, 5.74) is 2.85. The number of anilines is 1. The molecule has 5 nitrogen and oxygen atoms in total. The highest BCUT2D eigenvalue weighted by Crippen LogP contribution is 2.12. The second-order valence-corrected chi connectivity index (χ2v) is 4.20. The summed E-state index contributed by atoms with van der Waals surface area (Å²) in [4.78, 5) is 8.50. The maximum atomic E-state index is 8.98. The largest absolute Gasteiger partial charge is 0.481 e. The maximum Gasteiger partial charge on any atom is 0.226 e. The fourth-order valence-electron chi connectivity index (χ4n) is 1.67. The smallest absolute Gasteiger partial charge is 0.226 e. The van der Waals surface area contributed by atoms with Crippen molar-refractivity contribution in [3.63, 3.8) is 0 Å². The predicted octanol–water partition coefficient (Wildman–Crippen LogP) is 1.90. The summed E-state index contributed by atoms with van der Waals surface area (Å²) in [6.07, 6.45) is 0. The summed E-state index contributed by atoms with van der Waals surface area (Å²) in [6.45, 7) is 2.58. The normalized spacial score (nSPS) is 10.3. The summed E-state index contributed by atoms with van der Waals surface area (Å²) < 4.78 is 5.10. The van der Waals surface area contributed by atoms with Crippen LogP contribution in [0, 0.1) is 6.92 Å². The van der Waals surface area contributed by atoms with Crippen molar-refractivity contribution in [2.75, 3.05) is 12.4 Å². The molecule has 0 aliphatic heterocycles. The molecule has 0 saturated carbocycles. The van der Waals surface area contributed by atoms with Crippen LogP contribution in [-0.2, 0) is 13.2 Å². The molecular formula is C14H17N3O2. The Labute approximate surface area is 112 Å². The minimum atomic E-state index is 0.0614. The molecule has 100 valence electrons. The molecule has 2 N–H and O–H groups in total. The molecule has 0 aliphatic carbocycles. The Morgan fingerprint density at radius 3 is 2.47 bits per heavy atom. The number of benzene rings is 1. The van der Waals surface area contributed by atoms with Gasteiger partial charge in [0.2, 0.25) is 11.8 Å². The first-order chi connectivity index (χ1) is 9.21. The molecule has 2 aromatic rings. The van der Waals surface area contributed by atoms with Gasteiger partial charge < -0.3 is 15.2 Å². The van der Waals surface area contributed by atoms with E-state index in [0.717, 1.165) is 16.8 Å². The number of methoxy groups -OCH3 is 1. The zero-order valence-corrected chi connectivity index (χ0v) is 11.1. The van der Waals surface area contributed by atoms with Gasteiger partial charge in [-0.15, -0.1) is 0 Å². The second-order valence-electron chi connectivity index (χ2n) is 4.20. The van der Waals surface area contributed by atoms with Crippen LogP contribution in [0.25, 0.3) is 0 Å². The Morgan fingerprint density at radius 2 is 1.84 bits per heavy atom. The third-order valence-corrected chi connectivity index (χ3v) is 2.70. The first kappa shape index (κ1) is 13.3. The van der Waals surface area contributed by atoms with E-state index in [-0.39, 0.29) is 6.61 Å². The molecule has 0 fully saturated rings. The van der Waals surface area contributed by atoms with Crippen LogP contribution in [-0.4, -0.2) is 22.2 Å². The monoisotopic (exact) mass is 259 g/mol. The number of ether oxygens (including phenoxy) is 1. The molecule has 1 aromatic carbocycles. The summed E-state index contributed by atoms with van der Waals surface area (Å²) >= 11 is 0. The first-order valence-corrected chi connectivity index (χ1v) is 6.03. The summed E-state index contributed by atoms with van der Waals surface area (Å²) in [5, 5.41) is 12.1. The average molecular weight is 259 g/mol. The number of rotatable bonds is 5. The third-order valence-electron chi connectivity index (χ3n) is 2.70. The Kier molecular flexibility index (Phi) is 4.30. The Bertz CT molecular complexity index is 541. The van der Waals surface area contributed by atoms with Crippen molar-refractivity contribution in [1.29, 1.82) is 0 Å². The van der Waals surface area contributed by atoms with Gasteiger partial charge >= 0.3 is 0 Å². The van der Waals surface area contributed by atoms with Gasteiger partial charge in [-0.2, -0.15) is 4.98 Å². The van der Waals surface area contributed by atoms with Crippen molar-refractivity contribution in [1.82, 2.24) is 9.97 Å². The molecule has 0 radical (unpaired) electrons. The number of aliphatic hydroxyl groups excluding tert-OH is 1. The van der Waals surface area contributed by atoms with Crippen LogP contribution in [0.1, 0.15) is 16.8 Å². The molecule has 0 unspecified atom stereocenters. The van der Waals surface area contributed by atoms with Gasteiger partial charge in [0.1, 0.15) is 0 Å². The highest BCUT2D eigenvalue weighted by Gasteiger charge is 2.02. The van der Waals surface area contributed by atoms with Gasteiger partial charge in [-0.25, -0.2) is 4.98 Å². The maximum absolute atomic E-state index is 8.98. The molecule has 0 amide bonds. The van der Waals surface area contributed by atoms with Crippen LogP contribution in [0.3, 0.4) is 0 Å². The van der Waals surface area contributed by atoms with Gasteiger partial charge in [-0.1, -0.05) is 24.3 Å². The van der Waals surface area contributed by atoms with Crippen LogP contribution < -0.4 is 10.1 Å². The molecule has 1 aromatic heterocycles. The molecule has 0 saturated heterocycles. The Balaban J connectivity index is 2.03. The number of hydrogen-bond acceptors (Lipinski definition) is 5. The molecule has 0 spiro atoms. The quantitative estimate of drug-likeness (QED) is 0.858. The Morgan fingerprint density at radius 1 is 1.16 bits per heavy atom. The van der Waals surface area contributed by atoms with Gasteiger partial charge in [0.25, 0.3) is 0 Å². The van der Waals surface area contributed by atoms with Gasteiger partial charge in [-0.3, -0.25) is 0 Å². The number of aryl methyl sites for hydroxylation is 1. The topological polar surface area (TPSA) is 67.3 Å². The van der Waals surface area contributed by atoms with Crippen LogP contribution in [0.5, 0.6) is 5.88 Å². The molecule has 2 rings (SSSR count). The molecule has 0 aliphatic rings. The van der Waals surface area contributed by atoms with Crippen LogP contribution in [0.4, 0.5) is 5.95 Å². The minimum Gasteiger partial charge on any atom is -0.481 e. The zero-order chi connectivity index (χ0) is 13.7. The van der Waals surface area contributed by atoms with Gasteiger partial charge in [0, 0.05) is 18.3 Å². The molecule has 0 atom stereocenters. The van der Waals surface area contributed by atoms with Gasteiger partial charge in [0.15, 0.2) is 0 Å². The van der Waals surface area contributed by atoms with E-state index in [1.165, 1.54) is 0 Å². The highest BCUT2D eigenvalue weighted by molar-refractivity contribution is 5.32. The van der Waals surface area contributed by atoms with E-state index in [1.807, 2.05) is 31.2 Å². The Hall–Kier alpha value is -2.14. The molecule has 1 heterocycles. The van der Waals surface area contributed by atoms with Crippen LogP contribution in [0.15, 0.2) is 30.3 Å². The van der Waals surface area contributed by atoms with E-state index in [1.54, 1.807) is 13.2 Å². The standard InChI is InChI=1S/C14H17N3O2/c1-10-7-13(19-2)17-14(16-10)15-8-11-3-5-12(9-18)6-4-11/h3-7,18H,8-9H2,1-2H3,(H,15,16,17). The molecule has 19 heavy (non-hydrogen) atoms. The van der Waals surface area contributed by atoms with Crippen molar-refractivity contribution in [2.45, 2.75) is 20.1 Å². The second kappa shape index (κ2) is 6.15. The van der Waals surface area contributed by atoms with E-state index >= 15 is 0 Å². The van der Waals surface area contributed by atoms with E-state index in [4.69, 9.17) is 9.84 Å². The summed E-state index contributed by atoms with van der Waals surface area (Å²) in [6, 6.07) is 9.50. The lowest BCUT2D eigenvalue weighted by Crippen LogP contribution is -2.05. The SMILES string of the molecule is COc1cc(C)nc(NCc2ccc(CO)cc2)n1. The fraction of sp³-hybridized carbons (Fsp3) is 0.286. The van der Waals surface area contributed by atoms with E-state index < -0.39 is 0 Å². The third kappa shape index (κ3) is 3.66. The van der Waals surface area contributed by atoms with Crippen molar-refractivity contribution in [3.05, 3.63) is 47.2 Å². The van der Waals surface area contributed by atoms with Gasteiger partial charge in [-0.05, 0) is 18.1 Å². The molecule has 0 bridgehead atoms. The fourth-order valence-corrected chi connectivity index (χ4v) is 1.67. The number of aliphatic hydroxyl groups is 1. The minimum absolute atomic E-state index is 0.0614. The van der Waals surface area contributed by atoms with Crippen molar-refractivity contribution in [2.24, 2.45) is 0 Å². The number of hydrogen-bond donors (Lipinski definition) is 2. The zero-order valence-electron chi connectivity index (χ0n) is 11.1. The average Bonchev–Trinajstić information content (AvgIpc) is 2.45. The lowest BCUT2D eigenvalue weighted by atomic mass is 10.1. The lowest BCUT2D eigenvalue weighted by molar-refractivity contribution is 0.282. The first-order valence-electron chi connectivity index (χ1n) is 6.03. The van der Waals surface area contributed by atoms with Crippen molar-refractivity contribution in [3.8, 4) is 5.88 Å². The number of aromatic nitrogens is 2. The van der Waals surface area contributed by atoms with Crippen molar-refractivity contribution >= 4 is 5.95 Å². The van der Waals surface area contributed by atoms with E-state index in [0.29, 0.717) is 18.4 Å². The number of nitrogens with one attached hydrogen (secondary N) is 1. The van der Waals surface area contributed by atoms with Crippen LogP contribution >= 0.6 is 0 Å². The van der Waals surface area contributed by atoms with Gasteiger partial charge in [0.05, 0.1) is 13.7 Å². The van der Waals surface area contributed by atoms with E-state index in [2.05, 4.69) is 15.3 Å². The molecule has 5 heteroatoms. The molecular weight excluding hydrogens is 242 g/mol. The number of nitrogens with zero attached hydrogens (tertiary/aromatic N) is 2.